The minimum absolute atomic E-state index is 0.0269. The molecular weight excluding hydrogens is 383 g/mol. The van der Waals surface area contributed by atoms with Gasteiger partial charge in [-0.1, -0.05) is 55.0 Å². The van der Waals surface area contributed by atoms with Crippen LogP contribution in [0.3, 0.4) is 0 Å². The number of aliphatic carboxylic acids is 2. The Morgan fingerprint density at radius 2 is 1.65 bits per heavy atom. The van der Waals surface area contributed by atoms with Crippen LogP contribution in [-0.4, -0.2) is 44.1 Å². The highest BCUT2D eigenvalue weighted by Crippen LogP contribution is 2.24. The van der Waals surface area contributed by atoms with Crippen LogP contribution in [0.2, 0.25) is 10.0 Å². The van der Waals surface area contributed by atoms with Gasteiger partial charge in [0.1, 0.15) is 0 Å². The number of hydrogen-bond acceptors (Lipinski definition) is 4. The van der Waals surface area contributed by atoms with Crippen molar-refractivity contribution in [1.29, 1.82) is 0 Å². The largest absolute Gasteiger partial charge is 0.481 e. The lowest BCUT2D eigenvalue weighted by Crippen LogP contribution is -2.51. The van der Waals surface area contributed by atoms with Crippen LogP contribution in [0, 0.1) is 0 Å². The Labute approximate surface area is 162 Å². The molecule has 0 fully saturated rings. The fourth-order valence-corrected chi connectivity index (χ4v) is 3.22. The molecule has 0 aliphatic heterocycles. The lowest BCUT2D eigenvalue weighted by atomic mass is 9.89. The predicted octanol–water partition coefficient (Wildman–Crippen LogP) is 3.53. The molecule has 0 aliphatic carbocycles. The van der Waals surface area contributed by atoms with Gasteiger partial charge in [0.15, 0.2) is 5.60 Å². The molecule has 8 heteroatoms. The third-order valence-electron chi connectivity index (χ3n) is 4.28. The van der Waals surface area contributed by atoms with E-state index < -0.39 is 30.1 Å². The van der Waals surface area contributed by atoms with E-state index in [9.17, 15) is 19.8 Å². The molecule has 6 nitrogen and oxygen atoms in total. The number of rotatable bonds is 12. The van der Waals surface area contributed by atoms with Crippen LogP contribution in [0.15, 0.2) is 18.2 Å². The molecule has 0 bridgehead atoms. The summed E-state index contributed by atoms with van der Waals surface area (Å²) >= 11 is 12.0. The summed E-state index contributed by atoms with van der Waals surface area (Å²) in [6.45, 7) is 0. The maximum absolute atomic E-state index is 11.1. The van der Waals surface area contributed by atoms with E-state index in [-0.39, 0.29) is 6.42 Å². The van der Waals surface area contributed by atoms with Gasteiger partial charge < -0.3 is 20.4 Å². The smallest absolute Gasteiger partial charge is 0.339 e. The molecule has 0 spiro atoms. The Hall–Kier alpha value is -1.34. The van der Waals surface area contributed by atoms with E-state index in [4.69, 9.17) is 33.4 Å². The third kappa shape index (κ3) is 7.11. The Morgan fingerprint density at radius 1 is 1.04 bits per heavy atom. The number of aryl methyl sites for hydroxylation is 1. The van der Waals surface area contributed by atoms with Gasteiger partial charge in [0.2, 0.25) is 0 Å². The summed E-state index contributed by atoms with van der Waals surface area (Å²) in [4.78, 5) is 21.7. The zero-order chi connectivity index (χ0) is 19.7. The second-order valence-corrected chi connectivity index (χ2v) is 7.20. The van der Waals surface area contributed by atoms with Crippen LogP contribution >= 0.6 is 23.2 Å². The second kappa shape index (κ2) is 10.7. The van der Waals surface area contributed by atoms with Crippen molar-refractivity contribution in [2.75, 3.05) is 0 Å². The highest BCUT2D eigenvalue weighted by atomic mass is 35.5. The topological polar surface area (TPSA) is 115 Å². The average molecular weight is 407 g/mol. The first-order valence-corrected chi connectivity index (χ1v) is 9.22. The molecule has 0 aromatic heterocycles. The molecule has 0 aliphatic rings. The standard InChI is InChI=1S/C18H24Cl2O6/c19-13-9-8-12(14(20)10-13)6-4-2-1-3-5-7-15(21)18(26,17(24)25)11-16(22)23/h8-10,15,21,26H,1-7,11H2,(H,22,23)(H,24,25)/t15-,18+/m1/s1. The molecule has 2 atom stereocenters. The van der Waals surface area contributed by atoms with Gasteiger partial charge in [-0.15, -0.1) is 0 Å². The number of aliphatic hydroxyl groups excluding tert-OH is 1. The predicted molar refractivity (Wildman–Crippen MR) is 98.7 cm³/mol. The van der Waals surface area contributed by atoms with Gasteiger partial charge in [-0.3, -0.25) is 4.79 Å². The summed E-state index contributed by atoms with van der Waals surface area (Å²) in [6.07, 6.45) is 2.19. The minimum atomic E-state index is -2.66. The molecule has 0 saturated carbocycles. The van der Waals surface area contributed by atoms with Crippen molar-refractivity contribution >= 4 is 35.1 Å². The highest BCUT2D eigenvalue weighted by Gasteiger charge is 2.45. The molecular formula is C18H24Cl2O6. The Balaban J connectivity index is 2.27. The molecule has 1 aromatic carbocycles. The summed E-state index contributed by atoms with van der Waals surface area (Å²) < 4.78 is 0. The number of carboxylic acid groups (broad SMARTS) is 2. The third-order valence-corrected chi connectivity index (χ3v) is 4.87. The van der Waals surface area contributed by atoms with Crippen LogP contribution < -0.4 is 0 Å². The number of halogens is 2. The molecule has 0 radical (unpaired) electrons. The highest BCUT2D eigenvalue weighted by molar-refractivity contribution is 6.35. The maximum Gasteiger partial charge on any atom is 0.339 e. The lowest BCUT2D eigenvalue weighted by Gasteiger charge is -2.27. The van der Waals surface area contributed by atoms with Crippen molar-refractivity contribution in [3.8, 4) is 0 Å². The molecule has 146 valence electrons. The first-order chi connectivity index (χ1) is 12.2. The number of aliphatic hydroxyl groups is 2. The van der Waals surface area contributed by atoms with E-state index in [2.05, 4.69) is 0 Å². The van der Waals surface area contributed by atoms with E-state index in [1.165, 1.54) is 0 Å². The number of unbranched alkanes of at least 4 members (excludes halogenated alkanes) is 4. The average Bonchev–Trinajstić information content (AvgIpc) is 2.54. The van der Waals surface area contributed by atoms with E-state index >= 15 is 0 Å². The molecule has 4 N–H and O–H groups in total. The fourth-order valence-electron chi connectivity index (χ4n) is 2.71. The van der Waals surface area contributed by atoms with Crippen molar-refractivity contribution in [1.82, 2.24) is 0 Å². The monoisotopic (exact) mass is 406 g/mol. The normalized spacial score (nSPS) is 14.6. The zero-order valence-corrected chi connectivity index (χ0v) is 15.8. The second-order valence-electron chi connectivity index (χ2n) is 6.36. The Morgan fingerprint density at radius 3 is 2.23 bits per heavy atom. The van der Waals surface area contributed by atoms with Crippen LogP contribution in [-0.2, 0) is 16.0 Å². The maximum atomic E-state index is 11.1. The molecule has 0 unspecified atom stereocenters. The summed E-state index contributed by atoms with van der Waals surface area (Å²) in [7, 11) is 0. The van der Waals surface area contributed by atoms with Crippen molar-refractivity contribution < 1.29 is 30.0 Å². The number of hydrogen-bond donors (Lipinski definition) is 4. The van der Waals surface area contributed by atoms with Gasteiger partial charge in [0.25, 0.3) is 0 Å². The van der Waals surface area contributed by atoms with Crippen molar-refractivity contribution in [2.24, 2.45) is 0 Å². The molecule has 26 heavy (non-hydrogen) atoms. The van der Waals surface area contributed by atoms with E-state index in [0.717, 1.165) is 37.7 Å². The fraction of sp³-hybridized carbons (Fsp3) is 0.556. The van der Waals surface area contributed by atoms with Crippen molar-refractivity contribution in [2.45, 2.75) is 63.1 Å². The number of carbonyl (C=O) groups is 2. The first-order valence-electron chi connectivity index (χ1n) is 8.46. The molecule has 0 saturated heterocycles. The first kappa shape index (κ1) is 22.7. The lowest BCUT2D eigenvalue weighted by molar-refractivity contribution is -0.179. The van der Waals surface area contributed by atoms with Crippen LogP contribution in [0.5, 0.6) is 0 Å². The van der Waals surface area contributed by atoms with Crippen LogP contribution in [0.1, 0.15) is 50.5 Å². The van der Waals surface area contributed by atoms with Crippen LogP contribution in [0.4, 0.5) is 0 Å². The van der Waals surface area contributed by atoms with E-state index in [0.29, 0.717) is 16.5 Å². The quantitative estimate of drug-likeness (QED) is 0.394. The molecule has 0 amide bonds. The van der Waals surface area contributed by atoms with Crippen molar-refractivity contribution in [3.63, 3.8) is 0 Å². The number of carboxylic acids is 2. The van der Waals surface area contributed by atoms with Gasteiger partial charge in [-0.2, -0.15) is 0 Å². The molecule has 1 rings (SSSR count). The minimum Gasteiger partial charge on any atom is -0.481 e. The van der Waals surface area contributed by atoms with Gasteiger partial charge >= 0.3 is 11.9 Å². The van der Waals surface area contributed by atoms with Crippen LogP contribution in [0.25, 0.3) is 0 Å². The molecule has 0 heterocycles. The SMILES string of the molecule is O=C(O)C[C@@](O)(C(=O)O)[C@H](O)CCCCCCCc1ccc(Cl)cc1Cl. The Kier molecular flexibility index (Phi) is 9.36. The van der Waals surface area contributed by atoms with Gasteiger partial charge in [0.05, 0.1) is 12.5 Å². The Bertz CT molecular complexity index is 622. The zero-order valence-electron chi connectivity index (χ0n) is 14.3. The van der Waals surface area contributed by atoms with Crippen molar-refractivity contribution in [3.05, 3.63) is 33.8 Å². The van der Waals surface area contributed by atoms with Gasteiger partial charge in [0, 0.05) is 10.0 Å². The summed E-state index contributed by atoms with van der Waals surface area (Å²) in [6, 6.07) is 5.40. The number of benzene rings is 1. The molecule has 1 aromatic rings. The summed E-state index contributed by atoms with van der Waals surface area (Å²) in [5.41, 5.74) is -1.62. The summed E-state index contributed by atoms with van der Waals surface area (Å²) in [5, 5.41) is 38.7. The summed E-state index contributed by atoms with van der Waals surface area (Å²) in [5.74, 6) is -3.21. The van der Waals surface area contributed by atoms with E-state index in [1.54, 1.807) is 12.1 Å². The van der Waals surface area contributed by atoms with E-state index in [1.807, 2.05) is 6.07 Å². The van der Waals surface area contributed by atoms with Gasteiger partial charge in [-0.25, -0.2) is 4.79 Å². The van der Waals surface area contributed by atoms with Gasteiger partial charge in [-0.05, 0) is 37.0 Å².